The van der Waals surface area contributed by atoms with Crippen molar-refractivity contribution < 1.29 is 0 Å². The second kappa shape index (κ2) is 6.44. The predicted octanol–water partition coefficient (Wildman–Crippen LogP) is 6.28. The molecule has 0 bridgehead atoms. The minimum absolute atomic E-state index is 1.01. The van der Waals surface area contributed by atoms with Gasteiger partial charge in [0.25, 0.3) is 0 Å². The third-order valence-corrected chi connectivity index (χ3v) is 5.29. The summed E-state index contributed by atoms with van der Waals surface area (Å²) in [5, 5.41) is 4.80. The van der Waals surface area contributed by atoms with Gasteiger partial charge < -0.3 is 0 Å². The first-order valence-corrected chi connectivity index (χ1v) is 12.4. The minimum atomic E-state index is -1.47. The lowest BCUT2D eigenvalue weighted by Crippen LogP contribution is -2.16. The average molecular weight is 352 g/mol. The van der Waals surface area contributed by atoms with Crippen LogP contribution in [0.15, 0.2) is 72.9 Å². The minimum Gasteiger partial charge on any atom is -0.256 e. The van der Waals surface area contributed by atoms with E-state index in [1.54, 1.807) is 0 Å². The Labute approximate surface area is 155 Å². The summed E-state index contributed by atoms with van der Waals surface area (Å²) < 4.78 is 0. The first-order chi connectivity index (χ1) is 12.5. The van der Waals surface area contributed by atoms with Crippen LogP contribution in [0.25, 0.3) is 32.8 Å². The normalized spacial score (nSPS) is 11.3. The Morgan fingerprint density at radius 2 is 1.38 bits per heavy atom. The van der Waals surface area contributed by atoms with E-state index < -0.39 is 8.07 Å². The van der Waals surface area contributed by atoms with Gasteiger partial charge in [0.1, 0.15) is 8.07 Å². The highest BCUT2D eigenvalue weighted by Crippen LogP contribution is 2.34. The van der Waals surface area contributed by atoms with Crippen molar-refractivity contribution in [3.8, 4) is 22.7 Å². The molecule has 4 aromatic rings. The molecule has 0 saturated carbocycles. The molecule has 0 aliphatic heterocycles. The monoisotopic (exact) mass is 351 g/mol. The molecule has 1 aromatic heterocycles. The summed E-state index contributed by atoms with van der Waals surface area (Å²) in [4.78, 5) is 4.78. The Hall–Kier alpha value is -2.89. The molecular formula is C24H21NSi. The SMILES string of the molecule is C[Si](C)(C)C#Cc1ccc2ccccc2c1-c1nccc2ccccc12. The van der Waals surface area contributed by atoms with Crippen LogP contribution in [0.4, 0.5) is 0 Å². The van der Waals surface area contributed by atoms with Crippen LogP contribution in [0.1, 0.15) is 5.56 Å². The Morgan fingerprint density at radius 3 is 2.12 bits per heavy atom. The second-order valence-electron chi connectivity index (χ2n) is 7.59. The zero-order valence-corrected chi connectivity index (χ0v) is 16.4. The quantitative estimate of drug-likeness (QED) is 0.290. The van der Waals surface area contributed by atoms with Crippen molar-refractivity contribution >= 4 is 29.6 Å². The fourth-order valence-electron chi connectivity index (χ4n) is 3.20. The molecule has 1 nitrogen and oxygen atoms in total. The fourth-order valence-corrected chi connectivity index (χ4v) is 3.71. The van der Waals surface area contributed by atoms with Crippen LogP contribution in [0.2, 0.25) is 19.6 Å². The van der Waals surface area contributed by atoms with Crippen molar-refractivity contribution in [1.29, 1.82) is 0 Å². The van der Waals surface area contributed by atoms with Gasteiger partial charge in [0.2, 0.25) is 0 Å². The highest BCUT2D eigenvalue weighted by atomic mass is 28.3. The van der Waals surface area contributed by atoms with Gasteiger partial charge in [0.15, 0.2) is 0 Å². The molecule has 0 aliphatic rings. The number of hydrogen-bond acceptors (Lipinski definition) is 1. The fraction of sp³-hybridized carbons (Fsp3) is 0.125. The molecule has 0 spiro atoms. The van der Waals surface area contributed by atoms with Gasteiger partial charge in [-0.05, 0) is 28.3 Å². The maximum atomic E-state index is 4.78. The average Bonchev–Trinajstić information content (AvgIpc) is 2.65. The van der Waals surface area contributed by atoms with Crippen LogP contribution >= 0.6 is 0 Å². The zero-order chi connectivity index (χ0) is 18.1. The number of rotatable bonds is 1. The van der Waals surface area contributed by atoms with Gasteiger partial charge in [0, 0.05) is 22.7 Å². The van der Waals surface area contributed by atoms with Crippen LogP contribution in [0, 0.1) is 11.5 Å². The van der Waals surface area contributed by atoms with Crippen molar-refractivity contribution in [3.63, 3.8) is 0 Å². The summed E-state index contributed by atoms with van der Waals surface area (Å²) in [7, 11) is -1.47. The van der Waals surface area contributed by atoms with Crippen LogP contribution < -0.4 is 0 Å². The lowest BCUT2D eigenvalue weighted by molar-refractivity contribution is 1.36. The topological polar surface area (TPSA) is 12.9 Å². The van der Waals surface area contributed by atoms with Gasteiger partial charge in [-0.15, -0.1) is 5.54 Å². The smallest absolute Gasteiger partial charge is 0.129 e. The third-order valence-electron chi connectivity index (χ3n) is 4.41. The zero-order valence-electron chi connectivity index (χ0n) is 15.4. The highest BCUT2D eigenvalue weighted by molar-refractivity contribution is 6.83. The molecule has 0 radical (unpaired) electrons. The molecule has 26 heavy (non-hydrogen) atoms. The predicted molar refractivity (Wildman–Crippen MR) is 115 cm³/mol. The number of fused-ring (bicyclic) bond motifs is 2. The molecule has 1 heterocycles. The molecule has 0 amide bonds. The Morgan fingerprint density at radius 1 is 0.731 bits per heavy atom. The van der Waals surface area contributed by atoms with E-state index in [4.69, 9.17) is 4.98 Å². The molecule has 0 unspecified atom stereocenters. The van der Waals surface area contributed by atoms with E-state index in [0.29, 0.717) is 0 Å². The van der Waals surface area contributed by atoms with Crippen LogP contribution in [0.5, 0.6) is 0 Å². The molecule has 4 rings (SSSR count). The van der Waals surface area contributed by atoms with Crippen molar-refractivity contribution in [1.82, 2.24) is 4.98 Å². The molecule has 126 valence electrons. The van der Waals surface area contributed by atoms with E-state index in [2.05, 4.69) is 97.8 Å². The van der Waals surface area contributed by atoms with Gasteiger partial charge in [0.05, 0.1) is 5.69 Å². The molecule has 0 N–H and O–H groups in total. The van der Waals surface area contributed by atoms with E-state index >= 15 is 0 Å². The molecular weight excluding hydrogens is 330 g/mol. The standard InChI is InChI=1S/C24H21NSi/c1-26(2,3)17-15-20-13-12-18-8-4-6-10-21(18)23(20)24-22-11-7-5-9-19(22)14-16-25-24/h4-14,16H,1-3H3. The Kier molecular flexibility index (Phi) is 4.10. The lowest BCUT2D eigenvalue weighted by atomic mass is 9.94. The lowest BCUT2D eigenvalue weighted by Gasteiger charge is -2.12. The van der Waals surface area contributed by atoms with Crippen molar-refractivity contribution in [3.05, 3.63) is 78.5 Å². The van der Waals surface area contributed by atoms with E-state index in [1.807, 2.05) is 6.20 Å². The Balaban J connectivity index is 2.10. The molecule has 0 fully saturated rings. The number of benzene rings is 3. The molecule has 0 aliphatic carbocycles. The van der Waals surface area contributed by atoms with Gasteiger partial charge in [-0.3, -0.25) is 4.98 Å². The summed E-state index contributed by atoms with van der Waals surface area (Å²) in [6, 6.07) is 23.3. The van der Waals surface area contributed by atoms with E-state index in [0.717, 1.165) is 16.8 Å². The summed E-state index contributed by atoms with van der Waals surface area (Å²) in [5.74, 6) is 3.48. The number of nitrogens with zero attached hydrogens (tertiary/aromatic N) is 1. The number of pyridine rings is 1. The van der Waals surface area contributed by atoms with Crippen molar-refractivity contribution in [2.45, 2.75) is 19.6 Å². The maximum absolute atomic E-state index is 4.78. The first-order valence-electron chi connectivity index (χ1n) is 8.92. The second-order valence-corrected chi connectivity index (χ2v) is 12.3. The van der Waals surface area contributed by atoms with E-state index in [1.165, 1.54) is 21.5 Å². The number of aromatic nitrogens is 1. The van der Waals surface area contributed by atoms with Gasteiger partial charge in [-0.1, -0.05) is 80.2 Å². The molecule has 2 heteroatoms. The summed E-state index contributed by atoms with van der Waals surface area (Å²) in [5.41, 5.74) is 6.74. The van der Waals surface area contributed by atoms with E-state index in [-0.39, 0.29) is 0 Å². The van der Waals surface area contributed by atoms with Crippen LogP contribution in [-0.4, -0.2) is 13.1 Å². The summed E-state index contributed by atoms with van der Waals surface area (Å²) >= 11 is 0. The summed E-state index contributed by atoms with van der Waals surface area (Å²) in [6.45, 7) is 6.82. The van der Waals surface area contributed by atoms with E-state index in [9.17, 15) is 0 Å². The van der Waals surface area contributed by atoms with Crippen LogP contribution in [-0.2, 0) is 0 Å². The third kappa shape index (κ3) is 3.14. The maximum Gasteiger partial charge on any atom is 0.129 e. The molecule has 0 atom stereocenters. The van der Waals surface area contributed by atoms with Crippen LogP contribution in [0.3, 0.4) is 0 Å². The first kappa shape index (κ1) is 16.6. The van der Waals surface area contributed by atoms with Crippen molar-refractivity contribution in [2.75, 3.05) is 0 Å². The largest absolute Gasteiger partial charge is 0.256 e. The summed E-state index contributed by atoms with van der Waals surface area (Å²) in [6.07, 6.45) is 1.90. The van der Waals surface area contributed by atoms with Gasteiger partial charge in [-0.2, -0.15) is 0 Å². The van der Waals surface area contributed by atoms with Crippen molar-refractivity contribution in [2.24, 2.45) is 0 Å². The van der Waals surface area contributed by atoms with Gasteiger partial charge >= 0.3 is 0 Å². The molecule has 0 saturated heterocycles. The van der Waals surface area contributed by atoms with Gasteiger partial charge in [-0.25, -0.2) is 0 Å². The molecule has 3 aromatic carbocycles. The number of hydrogen-bond donors (Lipinski definition) is 0. The highest BCUT2D eigenvalue weighted by Gasteiger charge is 2.14. The Bertz CT molecular complexity index is 1170.